The zero-order valence-corrected chi connectivity index (χ0v) is 14.7. The highest BCUT2D eigenvalue weighted by atomic mass is 16.5. The molecule has 1 heterocycles. The lowest BCUT2D eigenvalue weighted by atomic mass is 10.2. The molecule has 0 bridgehead atoms. The molecule has 0 aliphatic heterocycles. The van der Waals surface area contributed by atoms with E-state index in [4.69, 9.17) is 10.00 Å². The first kappa shape index (κ1) is 19.1. The SMILES string of the molecule is CCCCCCCOC(=O)c1ccc(NC=C(C#N)c2nn[nH]n2)cc1. The molecule has 0 fully saturated rings. The Morgan fingerprint density at radius 3 is 2.69 bits per heavy atom. The molecule has 26 heavy (non-hydrogen) atoms. The minimum atomic E-state index is -0.327. The number of nitrogens with zero attached hydrogens (tertiary/aromatic N) is 4. The number of hydrogen-bond donors (Lipinski definition) is 2. The largest absolute Gasteiger partial charge is 0.462 e. The van der Waals surface area contributed by atoms with Gasteiger partial charge >= 0.3 is 5.97 Å². The van der Waals surface area contributed by atoms with E-state index in [1.54, 1.807) is 24.3 Å². The number of ether oxygens (including phenoxy) is 1. The third-order valence-corrected chi connectivity index (χ3v) is 3.69. The molecule has 2 N–H and O–H groups in total. The Morgan fingerprint density at radius 1 is 1.27 bits per heavy atom. The van der Waals surface area contributed by atoms with Crippen molar-refractivity contribution in [1.82, 2.24) is 20.6 Å². The second kappa shape index (κ2) is 10.6. The van der Waals surface area contributed by atoms with Crippen LogP contribution in [0.1, 0.15) is 55.2 Å². The fourth-order valence-electron chi connectivity index (χ4n) is 2.23. The maximum absolute atomic E-state index is 12.0. The van der Waals surface area contributed by atoms with Gasteiger partial charge in [-0.05, 0) is 35.9 Å². The van der Waals surface area contributed by atoms with Gasteiger partial charge in [-0.1, -0.05) is 32.6 Å². The van der Waals surface area contributed by atoms with E-state index in [0.29, 0.717) is 12.2 Å². The van der Waals surface area contributed by atoms with E-state index in [-0.39, 0.29) is 17.4 Å². The lowest BCUT2D eigenvalue weighted by Crippen LogP contribution is -2.06. The van der Waals surface area contributed by atoms with E-state index in [1.807, 2.05) is 6.07 Å². The molecule has 0 spiro atoms. The van der Waals surface area contributed by atoms with E-state index in [0.717, 1.165) is 18.5 Å². The number of esters is 1. The minimum Gasteiger partial charge on any atom is -0.462 e. The van der Waals surface area contributed by atoms with Gasteiger partial charge in [0, 0.05) is 11.9 Å². The van der Waals surface area contributed by atoms with Gasteiger partial charge in [-0.15, -0.1) is 10.2 Å². The topological polar surface area (TPSA) is 117 Å². The minimum absolute atomic E-state index is 0.208. The second-order valence-electron chi connectivity index (χ2n) is 5.68. The summed E-state index contributed by atoms with van der Waals surface area (Å²) in [6.07, 6.45) is 7.05. The molecule has 2 aromatic rings. The number of anilines is 1. The van der Waals surface area contributed by atoms with Gasteiger partial charge in [-0.25, -0.2) is 4.79 Å². The fraction of sp³-hybridized carbons (Fsp3) is 0.389. The molecule has 0 amide bonds. The van der Waals surface area contributed by atoms with Crippen LogP contribution in [0.25, 0.3) is 5.57 Å². The third-order valence-electron chi connectivity index (χ3n) is 3.69. The zero-order valence-electron chi connectivity index (χ0n) is 14.7. The van der Waals surface area contributed by atoms with Crippen LogP contribution in [0.2, 0.25) is 0 Å². The van der Waals surface area contributed by atoms with Crippen LogP contribution in [0.3, 0.4) is 0 Å². The molecule has 0 saturated carbocycles. The van der Waals surface area contributed by atoms with Gasteiger partial charge in [0.1, 0.15) is 11.6 Å². The molecule has 0 saturated heterocycles. The Kier molecular flexibility index (Phi) is 7.80. The number of benzene rings is 1. The Morgan fingerprint density at radius 2 is 2.04 bits per heavy atom. The van der Waals surface area contributed by atoms with Crippen LogP contribution in [0.4, 0.5) is 5.69 Å². The second-order valence-corrected chi connectivity index (χ2v) is 5.68. The predicted octanol–water partition coefficient (Wildman–Crippen LogP) is 3.30. The van der Waals surface area contributed by atoms with Crippen LogP contribution < -0.4 is 5.32 Å². The first-order chi connectivity index (χ1) is 12.7. The molecule has 0 atom stereocenters. The quantitative estimate of drug-likeness (QED) is 0.382. The number of rotatable bonds is 10. The van der Waals surface area contributed by atoms with Crippen LogP contribution in [0.15, 0.2) is 30.5 Å². The molecule has 0 radical (unpaired) electrons. The molecule has 0 aliphatic carbocycles. The van der Waals surface area contributed by atoms with Crippen LogP contribution >= 0.6 is 0 Å². The highest BCUT2D eigenvalue weighted by Gasteiger charge is 2.08. The summed E-state index contributed by atoms with van der Waals surface area (Å²) in [7, 11) is 0. The number of aromatic amines is 1. The number of H-pyrrole nitrogens is 1. The summed E-state index contributed by atoms with van der Waals surface area (Å²) >= 11 is 0. The van der Waals surface area contributed by atoms with Gasteiger partial charge in [0.05, 0.1) is 12.2 Å². The van der Waals surface area contributed by atoms with Crippen LogP contribution in [0, 0.1) is 11.3 Å². The van der Waals surface area contributed by atoms with Gasteiger partial charge in [-0.3, -0.25) is 0 Å². The van der Waals surface area contributed by atoms with E-state index in [1.165, 1.54) is 25.5 Å². The third kappa shape index (κ3) is 6.02. The lowest BCUT2D eigenvalue weighted by Gasteiger charge is -2.06. The summed E-state index contributed by atoms with van der Waals surface area (Å²) < 4.78 is 5.27. The number of carbonyl (C=O) groups excluding carboxylic acids is 1. The standard InChI is InChI=1S/C18H22N6O2/c1-2-3-4-5-6-11-26-18(25)14-7-9-16(10-8-14)20-13-15(12-19)17-21-23-24-22-17/h7-10,13,20H,2-6,11H2,1H3,(H,21,22,23,24). The van der Waals surface area contributed by atoms with Gasteiger partial charge in [-0.2, -0.15) is 10.5 Å². The van der Waals surface area contributed by atoms with Crippen molar-refractivity contribution >= 4 is 17.2 Å². The van der Waals surface area contributed by atoms with Crippen LogP contribution in [-0.4, -0.2) is 33.2 Å². The Bertz CT molecular complexity index is 747. The van der Waals surface area contributed by atoms with E-state index in [2.05, 4.69) is 32.9 Å². The first-order valence-electron chi connectivity index (χ1n) is 8.62. The fourth-order valence-corrected chi connectivity index (χ4v) is 2.23. The molecule has 0 aliphatic rings. The molecule has 1 aromatic heterocycles. The number of allylic oxidation sites excluding steroid dienone is 1. The monoisotopic (exact) mass is 354 g/mol. The number of unbranched alkanes of at least 4 members (excludes halogenated alkanes) is 4. The highest BCUT2D eigenvalue weighted by molar-refractivity contribution is 5.89. The molecule has 0 unspecified atom stereocenters. The van der Waals surface area contributed by atoms with Crippen molar-refractivity contribution in [3.05, 3.63) is 41.9 Å². The van der Waals surface area contributed by atoms with Crippen molar-refractivity contribution in [2.45, 2.75) is 39.0 Å². The highest BCUT2D eigenvalue weighted by Crippen LogP contribution is 2.13. The maximum atomic E-state index is 12.0. The Balaban J connectivity index is 1.82. The van der Waals surface area contributed by atoms with E-state index < -0.39 is 0 Å². The summed E-state index contributed by atoms with van der Waals surface area (Å²) in [6, 6.07) is 8.81. The number of tetrazole rings is 1. The maximum Gasteiger partial charge on any atom is 0.338 e. The normalized spacial score (nSPS) is 11.0. The van der Waals surface area contributed by atoms with Crippen LogP contribution in [-0.2, 0) is 4.74 Å². The van der Waals surface area contributed by atoms with Gasteiger partial charge in [0.2, 0.25) is 5.82 Å². The number of nitrogens with one attached hydrogen (secondary N) is 2. The number of carbonyl (C=O) groups is 1. The van der Waals surface area contributed by atoms with Gasteiger partial charge < -0.3 is 10.1 Å². The van der Waals surface area contributed by atoms with Crippen molar-refractivity contribution in [1.29, 1.82) is 5.26 Å². The average Bonchev–Trinajstić information content (AvgIpc) is 3.20. The van der Waals surface area contributed by atoms with Crippen molar-refractivity contribution in [2.75, 3.05) is 11.9 Å². The molecule has 1 aromatic carbocycles. The Hall–Kier alpha value is -3.21. The van der Waals surface area contributed by atoms with E-state index >= 15 is 0 Å². The smallest absolute Gasteiger partial charge is 0.338 e. The summed E-state index contributed by atoms with van der Waals surface area (Å²) in [4.78, 5) is 12.0. The molecule has 2 rings (SSSR count). The number of aromatic nitrogens is 4. The number of nitriles is 1. The summed E-state index contributed by atoms with van der Waals surface area (Å²) in [5, 5.41) is 25.3. The molecule has 8 heteroatoms. The van der Waals surface area contributed by atoms with E-state index in [9.17, 15) is 4.79 Å². The number of hydrogen-bond acceptors (Lipinski definition) is 7. The predicted molar refractivity (Wildman–Crippen MR) is 96.9 cm³/mol. The van der Waals surface area contributed by atoms with Crippen molar-refractivity contribution in [2.24, 2.45) is 0 Å². The van der Waals surface area contributed by atoms with Crippen molar-refractivity contribution in [3.8, 4) is 6.07 Å². The van der Waals surface area contributed by atoms with Crippen molar-refractivity contribution < 1.29 is 9.53 Å². The van der Waals surface area contributed by atoms with Crippen LogP contribution in [0.5, 0.6) is 0 Å². The summed E-state index contributed by atoms with van der Waals surface area (Å²) in [5.41, 5.74) is 1.45. The molecular weight excluding hydrogens is 332 g/mol. The van der Waals surface area contributed by atoms with Crippen molar-refractivity contribution in [3.63, 3.8) is 0 Å². The molecular formula is C18H22N6O2. The zero-order chi connectivity index (χ0) is 18.6. The lowest BCUT2D eigenvalue weighted by molar-refractivity contribution is 0.0497. The molecule has 8 nitrogen and oxygen atoms in total. The molecule has 136 valence electrons. The average molecular weight is 354 g/mol. The summed E-state index contributed by atoms with van der Waals surface area (Å²) in [6.45, 7) is 2.61. The van der Waals surface area contributed by atoms with Gasteiger partial charge in [0.25, 0.3) is 0 Å². The van der Waals surface area contributed by atoms with Gasteiger partial charge in [0.15, 0.2) is 0 Å². The summed E-state index contributed by atoms with van der Waals surface area (Å²) in [5.74, 6) is -0.119. The first-order valence-corrected chi connectivity index (χ1v) is 8.62. The Labute approximate surface area is 152 Å².